The highest BCUT2D eigenvalue weighted by atomic mass is 16.2. The van der Waals surface area contributed by atoms with Gasteiger partial charge in [-0.25, -0.2) is 4.99 Å². The van der Waals surface area contributed by atoms with Crippen molar-refractivity contribution in [2.45, 2.75) is 38.5 Å². The van der Waals surface area contributed by atoms with E-state index in [-0.39, 0.29) is 11.9 Å². The third-order valence-electron chi connectivity index (χ3n) is 3.88. The van der Waals surface area contributed by atoms with E-state index < -0.39 is 6.29 Å². The number of guanidine groups is 1. The summed E-state index contributed by atoms with van der Waals surface area (Å²) in [7, 11) is 0. The lowest BCUT2D eigenvalue weighted by atomic mass is 10.0. The number of nitrogens with one attached hydrogen (secondary N) is 2. The van der Waals surface area contributed by atoms with Gasteiger partial charge in [-0.3, -0.25) is 10.1 Å². The van der Waals surface area contributed by atoms with Gasteiger partial charge in [-0.15, -0.1) is 0 Å². The molecule has 1 aromatic rings. The Balaban J connectivity index is 1.80. The van der Waals surface area contributed by atoms with Crippen LogP contribution in [0.5, 0.6) is 0 Å². The lowest BCUT2D eigenvalue weighted by Gasteiger charge is -2.32. The molecular formula is C15H21N5O. The topological polar surface area (TPSA) is 82.8 Å². The molecule has 1 fully saturated rings. The van der Waals surface area contributed by atoms with Crippen LogP contribution in [-0.4, -0.2) is 30.7 Å². The third-order valence-corrected chi connectivity index (χ3v) is 3.88. The summed E-state index contributed by atoms with van der Waals surface area (Å²) in [5.74, 6) is 0.441. The molecule has 0 saturated carbocycles. The number of nitrogens with two attached hydrogens (primary N) is 1. The molecule has 2 aliphatic rings. The van der Waals surface area contributed by atoms with Crippen LogP contribution in [-0.2, 0) is 11.2 Å². The summed E-state index contributed by atoms with van der Waals surface area (Å²) >= 11 is 0. The molecule has 0 bridgehead atoms. The van der Waals surface area contributed by atoms with Gasteiger partial charge < -0.3 is 16.0 Å². The molecule has 112 valence electrons. The van der Waals surface area contributed by atoms with E-state index in [2.05, 4.69) is 27.8 Å². The molecule has 6 heteroatoms. The second-order valence-electron chi connectivity index (χ2n) is 5.61. The molecule has 6 nitrogen and oxygen atoms in total. The summed E-state index contributed by atoms with van der Waals surface area (Å²) in [5.41, 5.74) is 8.57. The number of hydrogen-bond donors (Lipinski definition) is 3. The van der Waals surface area contributed by atoms with E-state index in [1.807, 2.05) is 24.0 Å². The number of aryl methyl sites for hydroxylation is 1. The molecule has 4 N–H and O–H groups in total. The van der Waals surface area contributed by atoms with Crippen molar-refractivity contribution in [3.05, 3.63) is 29.8 Å². The lowest BCUT2D eigenvalue weighted by molar-refractivity contribution is -0.124. The van der Waals surface area contributed by atoms with Crippen molar-refractivity contribution >= 4 is 17.6 Å². The molecule has 2 aliphatic heterocycles. The normalized spacial score (nSPS) is 26.2. The van der Waals surface area contributed by atoms with Crippen molar-refractivity contribution in [1.82, 2.24) is 10.6 Å². The Morgan fingerprint density at radius 1 is 1.43 bits per heavy atom. The van der Waals surface area contributed by atoms with Crippen molar-refractivity contribution in [1.29, 1.82) is 0 Å². The van der Waals surface area contributed by atoms with Gasteiger partial charge in [0.2, 0.25) is 5.91 Å². The Morgan fingerprint density at radius 3 is 3.05 bits per heavy atom. The molecule has 21 heavy (non-hydrogen) atoms. The number of rotatable bonds is 1. The fraction of sp³-hybridized carbons (Fsp3) is 0.467. The minimum atomic E-state index is -0.449. The molecule has 1 amide bonds. The maximum atomic E-state index is 11.6. The van der Waals surface area contributed by atoms with Crippen molar-refractivity contribution < 1.29 is 4.79 Å². The van der Waals surface area contributed by atoms with E-state index in [1.165, 1.54) is 5.56 Å². The average molecular weight is 287 g/mol. The van der Waals surface area contributed by atoms with E-state index in [1.54, 1.807) is 0 Å². The van der Waals surface area contributed by atoms with E-state index >= 15 is 0 Å². The second-order valence-corrected chi connectivity index (χ2v) is 5.61. The van der Waals surface area contributed by atoms with E-state index in [0.717, 1.165) is 25.1 Å². The number of anilines is 1. The Labute approximate surface area is 124 Å². The molecule has 1 saturated heterocycles. The predicted molar refractivity (Wildman–Crippen MR) is 82.9 cm³/mol. The molecule has 0 aliphatic carbocycles. The van der Waals surface area contributed by atoms with Crippen LogP contribution in [0, 0.1) is 0 Å². The number of benzene rings is 1. The minimum absolute atomic E-state index is 0.00171. The van der Waals surface area contributed by atoms with Crippen molar-refractivity contribution in [3.8, 4) is 0 Å². The Bertz CT molecular complexity index is 571. The molecule has 2 heterocycles. The van der Waals surface area contributed by atoms with E-state index in [0.29, 0.717) is 12.4 Å². The molecule has 2 atom stereocenters. The van der Waals surface area contributed by atoms with Crippen LogP contribution < -0.4 is 21.3 Å². The van der Waals surface area contributed by atoms with Gasteiger partial charge >= 0.3 is 0 Å². The smallest absolute Gasteiger partial charge is 0.224 e. The SMILES string of the molecule is CC1CC(=O)NC(/N=C(\N)N2CCCc3ccccc32)N1. The quantitative estimate of drug-likeness (QED) is 0.520. The maximum Gasteiger partial charge on any atom is 0.224 e. The Kier molecular flexibility index (Phi) is 3.79. The number of carbonyl (C=O) groups excluding carboxylic acids is 1. The number of aliphatic imine (C=N–C) groups is 1. The highest BCUT2D eigenvalue weighted by molar-refractivity contribution is 5.96. The first-order chi connectivity index (χ1) is 10.1. The van der Waals surface area contributed by atoms with Crippen molar-refractivity contribution in [2.24, 2.45) is 10.7 Å². The van der Waals surface area contributed by atoms with Gasteiger partial charge in [0.1, 0.15) is 0 Å². The van der Waals surface area contributed by atoms with Crippen molar-refractivity contribution in [2.75, 3.05) is 11.4 Å². The fourth-order valence-corrected chi connectivity index (χ4v) is 2.90. The van der Waals surface area contributed by atoms with Gasteiger partial charge in [-0.2, -0.15) is 0 Å². The molecule has 1 aromatic carbocycles. The Hall–Kier alpha value is -2.08. The summed E-state index contributed by atoms with van der Waals surface area (Å²) in [6, 6.07) is 8.34. The number of amides is 1. The maximum absolute atomic E-state index is 11.6. The molecule has 0 radical (unpaired) electrons. The van der Waals surface area contributed by atoms with Gasteiger partial charge in [-0.05, 0) is 31.4 Å². The Morgan fingerprint density at radius 2 is 2.24 bits per heavy atom. The van der Waals surface area contributed by atoms with Crippen molar-refractivity contribution in [3.63, 3.8) is 0 Å². The average Bonchev–Trinajstić information content (AvgIpc) is 2.45. The first-order valence-electron chi connectivity index (χ1n) is 7.37. The van der Waals surface area contributed by atoms with Crippen LogP contribution in [0.4, 0.5) is 5.69 Å². The summed E-state index contributed by atoms with van der Waals surface area (Å²) in [6.45, 7) is 2.82. The van der Waals surface area contributed by atoms with Crippen LogP contribution >= 0.6 is 0 Å². The van der Waals surface area contributed by atoms with Gasteiger partial charge in [0.05, 0.1) is 0 Å². The number of hydrogen-bond acceptors (Lipinski definition) is 3. The zero-order chi connectivity index (χ0) is 14.8. The predicted octanol–water partition coefficient (Wildman–Crippen LogP) is 0.536. The van der Waals surface area contributed by atoms with Gasteiger partial charge in [0, 0.05) is 24.7 Å². The number of para-hydroxylation sites is 1. The first-order valence-corrected chi connectivity index (χ1v) is 7.37. The van der Waals surface area contributed by atoms with Gasteiger partial charge in [0.15, 0.2) is 12.2 Å². The standard InChI is InChI=1S/C15H21N5O/c1-10-9-13(21)18-15(17-10)19-14(16)20-8-4-6-11-5-2-3-7-12(11)20/h2-3,5,7,10,15,17H,4,6,8-9H2,1H3,(H2,16,19)(H,18,21). The lowest BCUT2D eigenvalue weighted by Crippen LogP contribution is -2.56. The molecule has 3 rings (SSSR count). The number of nitrogens with zero attached hydrogens (tertiary/aromatic N) is 2. The fourth-order valence-electron chi connectivity index (χ4n) is 2.90. The third kappa shape index (κ3) is 3.00. The molecule has 0 spiro atoms. The van der Waals surface area contributed by atoms with E-state index in [9.17, 15) is 4.79 Å². The molecule has 0 aromatic heterocycles. The van der Waals surface area contributed by atoms with Crippen LogP contribution in [0.1, 0.15) is 25.3 Å². The molecule has 2 unspecified atom stereocenters. The summed E-state index contributed by atoms with van der Waals surface area (Å²) in [6.07, 6.45) is 2.14. The first kappa shape index (κ1) is 13.9. The highest BCUT2D eigenvalue weighted by Gasteiger charge is 2.24. The molecular weight excluding hydrogens is 266 g/mol. The number of fused-ring (bicyclic) bond motifs is 1. The second kappa shape index (κ2) is 5.73. The largest absolute Gasteiger partial charge is 0.369 e. The zero-order valence-corrected chi connectivity index (χ0v) is 12.2. The minimum Gasteiger partial charge on any atom is -0.369 e. The van der Waals surface area contributed by atoms with E-state index in [4.69, 9.17) is 5.73 Å². The zero-order valence-electron chi connectivity index (χ0n) is 12.2. The summed E-state index contributed by atoms with van der Waals surface area (Å²) in [4.78, 5) is 18.0. The van der Waals surface area contributed by atoms with Crippen LogP contribution in [0.2, 0.25) is 0 Å². The highest BCUT2D eigenvalue weighted by Crippen LogP contribution is 2.26. The number of carbonyl (C=O) groups is 1. The van der Waals surface area contributed by atoms with Gasteiger partial charge in [0.25, 0.3) is 0 Å². The van der Waals surface area contributed by atoms with Gasteiger partial charge in [-0.1, -0.05) is 18.2 Å². The summed E-state index contributed by atoms with van der Waals surface area (Å²) < 4.78 is 0. The van der Waals surface area contributed by atoms with Crippen LogP contribution in [0.3, 0.4) is 0 Å². The summed E-state index contributed by atoms with van der Waals surface area (Å²) in [5, 5.41) is 6.01. The van der Waals surface area contributed by atoms with Crippen LogP contribution in [0.15, 0.2) is 29.3 Å². The monoisotopic (exact) mass is 287 g/mol. The van der Waals surface area contributed by atoms with Crippen LogP contribution in [0.25, 0.3) is 0 Å².